The topological polar surface area (TPSA) is 64.6 Å². The minimum atomic E-state index is -0.288. The molecule has 0 fully saturated rings. The van der Waals surface area contributed by atoms with Gasteiger partial charge in [0.05, 0.1) is 0 Å². The fourth-order valence-electron chi connectivity index (χ4n) is 2.44. The van der Waals surface area contributed by atoms with Crippen LogP contribution in [-0.4, -0.2) is 24.9 Å². The van der Waals surface area contributed by atoms with Crippen LogP contribution in [0.4, 0.5) is 5.69 Å². The molecule has 1 aliphatic heterocycles. The van der Waals surface area contributed by atoms with Crippen molar-refractivity contribution in [2.75, 3.05) is 18.5 Å². The maximum absolute atomic E-state index is 12.3. The Balaban J connectivity index is 1.57. The standard InChI is InChI=1S/C18H15Cl2NO4/c19-12-8-13(20)10-14(9-12)21-18(23)4-2-15(22)11-1-3-16-17(7-11)25-6-5-24-16/h1,3,7-10H,2,4-6H2,(H,21,23). The van der Waals surface area contributed by atoms with Crippen LogP contribution in [0.5, 0.6) is 11.5 Å². The van der Waals surface area contributed by atoms with E-state index in [1.807, 2.05) is 0 Å². The van der Waals surface area contributed by atoms with Crippen LogP contribution in [0, 0.1) is 0 Å². The highest BCUT2D eigenvalue weighted by molar-refractivity contribution is 6.35. The predicted molar refractivity (Wildman–Crippen MR) is 96.1 cm³/mol. The Kier molecular flexibility index (Phi) is 5.46. The highest BCUT2D eigenvalue weighted by Crippen LogP contribution is 2.31. The van der Waals surface area contributed by atoms with E-state index in [2.05, 4.69) is 5.32 Å². The molecular weight excluding hydrogens is 365 g/mol. The van der Waals surface area contributed by atoms with Gasteiger partial charge in [-0.25, -0.2) is 0 Å². The van der Waals surface area contributed by atoms with Gasteiger partial charge in [0.15, 0.2) is 17.3 Å². The highest BCUT2D eigenvalue weighted by Gasteiger charge is 2.16. The van der Waals surface area contributed by atoms with Gasteiger partial charge in [0.2, 0.25) is 5.91 Å². The van der Waals surface area contributed by atoms with E-state index in [9.17, 15) is 9.59 Å². The molecule has 0 saturated heterocycles. The van der Waals surface area contributed by atoms with E-state index in [1.165, 1.54) is 0 Å². The van der Waals surface area contributed by atoms with Gasteiger partial charge in [0.25, 0.3) is 0 Å². The number of amides is 1. The van der Waals surface area contributed by atoms with E-state index in [4.69, 9.17) is 32.7 Å². The molecule has 7 heteroatoms. The molecule has 0 aliphatic carbocycles. The van der Waals surface area contributed by atoms with Gasteiger partial charge in [-0.3, -0.25) is 9.59 Å². The normalized spacial score (nSPS) is 12.6. The summed E-state index contributed by atoms with van der Waals surface area (Å²) in [5, 5.41) is 3.53. The molecule has 0 atom stereocenters. The van der Waals surface area contributed by atoms with E-state index < -0.39 is 0 Å². The summed E-state index contributed by atoms with van der Waals surface area (Å²) in [5.41, 5.74) is 0.983. The number of rotatable bonds is 5. The van der Waals surface area contributed by atoms with Crippen molar-refractivity contribution in [3.05, 3.63) is 52.0 Å². The summed E-state index contributed by atoms with van der Waals surface area (Å²) in [6.45, 7) is 0.948. The van der Waals surface area contributed by atoms with E-state index in [-0.39, 0.29) is 24.5 Å². The molecule has 0 aromatic heterocycles. The zero-order valence-corrected chi connectivity index (χ0v) is 14.7. The van der Waals surface area contributed by atoms with Crippen molar-refractivity contribution in [1.82, 2.24) is 0 Å². The fraction of sp³-hybridized carbons (Fsp3) is 0.222. The second-order valence-corrected chi connectivity index (χ2v) is 6.36. The van der Waals surface area contributed by atoms with E-state index >= 15 is 0 Å². The number of anilines is 1. The van der Waals surface area contributed by atoms with Crippen LogP contribution in [0.1, 0.15) is 23.2 Å². The summed E-state index contributed by atoms with van der Waals surface area (Å²) in [5.74, 6) is 0.744. The first-order valence-electron chi connectivity index (χ1n) is 7.70. The summed E-state index contributed by atoms with van der Waals surface area (Å²) in [7, 11) is 0. The first kappa shape index (κ1) is 17.6. The largest absolute Gasteiger partial charge is 0.486 e. The van der Waals surface area contributed by atoms with Gasteiger partial charge in [-0.05, 0) is 36.4 Å². The summed E-state index contributed by atoms with van der Waals surface area (Å²) in [4.78, 5) is 24.3. The van der Waals surface area contributed by atoms with Crippen molar-refractivity contribution in [3.63, 3.8) is 0 Å². The summed E-state index contributed by atoms with van der Waals surface area (Å²) >= 11 is 11.8. The van der Waals surface area contributed by atoms with Crippen LogP contribution in [0.3, 0.4) is 0 Å². The van der Waals surface area contributed by atoms with Gasteiger partial charge in [0, 0.05) is 34.1 Å². The van der Waals surface area contributed by atoms with Gasteiger partial charge in [-0.2, -0.15) is 0 Å². The molecule has 130 valence electrons. The molecule has 0 radical (unpaired) electrons. The van der Waals surface area contributed by atoms with E-state index in [1.54, 1.807) is 36.4 Å². The smallest absolute Gasteiger partial charge is 0.224 e. The number of carbonyl (C=O) groups is 2. The number of hydrogen-bond acceptors (Lipinski definition) is 4. The molecule has 5 nitrogen and oxygen atoms in total. The number of benzene rings is 2. The van der Waals surface area contributed by atoms with Crippen molar-refractivity contribution in [3.8, 4) is 11.5 Å². The number of hydrogen-bond donors (Lipinski definition) is 1. The first-order chi connectivity index (χ1) is 12.0. The quantitative estimate of drug-likeness (QED) is 0.783. The lowest BCUT2D eigenvalue weighted by molar-refractivity contribution is -0.116. The van der Waals surface area contributed by atoms with Gasteiger partial charge in [-0.15, -0.1) is 0 Å². The molecule has 1 heterocycles. The summed E-state index contributed by atoms with van der Waals surface area (Å²) in [6.07, 6.45) is 0.136. The Morgan fingerprint density at radius 1 is 0.920 bits per heavy atom. The predicted octanol–water partition coefficient (Wildman–Crippen LogP) is 4.37. The van der Waals surface area contributed by atoms with Crippen LogP contribution in [-0.2, 0) is 4.79 Å². The number of halogens is 2. The van der Waals surface area contributed by atoms with Crippen molar-refractivity contribution < 1.29 is 19.1 Å². The Morgan fingerprint density at radius 3 is 2.32 bits per heavy atom. The lowest BCUT2D eigenvalue weighted by atomic mass is 10.1. The Morgan fingerprint density at radius 2 is 1.60 bits per heavy atom. The minimum Gasteiger partial charge on any atom is -0.486 e. The molecule has 1 N–H and O–H groups in total. The highest BCUT2D eigenvalue weighted by atomic mass is 35.5. The SMILES string of the molecule is O=C(CCC(=O)c1ccc2c(c1)OCCO2)Nc1cc(Cl)cc(Cl)c1. The van der Waals surface area contributed by atoms with Crippen LogP contribution in [0.15, 0.2) is 36.4 Å². The molecule has 25 heavy (non-hydrogen) atoms. The number of nitrogens with one attached hydrogen (secondary N) is 1. The molecule has 2 aromatic carbocycles. The Bertz CT molecular complexity index is 802. The number of ether oxygens (including phenoxy) is 2. The summed E-state index contributed by atoms with van der Waals surface area (Å²) < 4.78 is 10.9. The van der Waals surface area contributed by atoms with Gasteiger partial charge in [-0.1, -0.05) is 23.2 Å². The van der Waals surface area contributed by atoms with E-state index in [0.717, 1.165) is 0 Å². The number of fused-ring (bicyclic) bond motifs is 1. The number of Topliss-reactive ketones (excluding diaryl/α,β-unsaturated/α-hetero) is 1. The molecule has 1 aliphatic rings. The van der Waals surface area contributed by atoms with Crippen molar-refractivity contribution in [1.29, 1.82) is 0 Å². The second kappa shape index (κ2) is 7.76. The van der Waals surface area contributed by atoms with E-state index in [0.29, 0.717) is 46.0 Å². The minimum absolute atomic E-state index is 0.0530. The zero-order valence-electron chi connectivity index (χ0n) is 13.2. The first-order valence-corrected chi connectivity index (χ1v) is 8.45. The fourth-order valence-corrected chi connectivity index (χ4v) is 2.96. The van der Waals surface area contributed by atoms with Gasteiger partial charge >= 0.3 is 0 Å². The van der Waals surface area contributed by atoms with Gasteiger partial charge < -0.3 is 14.8 Å². The Hall–Kier alpha value is -2.24. The molecule has 2 aromatic rings. The third-order valence-electron chi connectivity index (χ3n) is 3.59. The average molecular weight is 380 g/mol. The second-order valence-electron chi connectivity index (χ2n) is 5.49. The average Bonchev–Trinajstić information content (AvgIpc) is 2.58. The molecular formula is C18H15Cl2NO4. The van der Waals surface area contributed by atoms with Crippen molar-refractivity contribution >= 4 is 40.6 Å². The van der Waals surface area contributed by atoms with Gasteiger partial charge in [0.1, 0.15) is 13.2 Å². The third-order valence-corrected chi connectivity index (χ3v) is 4.03. The summed E-state index contributed by atoms with van der Waals surface area (Å²) in [6, 6.07) is 9.78. The van der Waals surface area contributed by atoms with Crippen LogP contribution < -0.4 is 14.8 Å². The Labute approximate surface area is 154 Å². The third kappa shape index (κ3) is 4.65. The lowest BCUT2D eigenvalue weighted by Gasteiger charge is -2.18. The molecule has 0 unspecified atom stereocenters. The maximum atomic E-state index is 12.3. The van der Waals surface area contributed by atoms with Crippen molar-refractivity contribution in [2.45, 2.75) is 12.8 Å². The van der Waals surface area contributed by atoms with Crippen LogP contribution in [0.25, 0.3) is 0 Å². The monoisotopic (exact) mass is 379 g/mol. The zero-order chi connectivity index (χ0) is 17.8. The molecule has 0 spiro atoms. The van der Waals surface area contributed by atoms with Crippen LogP contribution in [0.2, 0.25) is 10.0 Å². The molecule has 3 rings (SSSR count). The lowest BCUT2D eigenvalue weighted by Crippen LogP contribution is -2.16. The molecule has 1 amide bonds. The maximum Gasteiger partial charge on any atom is 0.224 e. The molecule has 0 bridgehead atoms. The molecule has 0 saturated carbocycles. The van der Waals surface area contributed by atoms with Crippen molar-refractivity contribution in [2.24, 2.45) is 0 Å². The number of carbonyl (C=O) groups excluding carboxylic acids is 2. The van der Waals surface area contributed by atoms with Crippen LogP contribution >= 0.6 is 23.2 Å². The number of ketones is 1.